The van der Waals surface area contributed by atoms with E-state index in [0.717, 1.165) is 21.8 Å². The number of hydrogen-bond donors (Lipinski definition) is 2. The third kappa shape index (κ3) is 4.66. The molecule has 4 aromatic heterocycles. The van der Waals surface area contributed by atoms with Crippen molar-refractivity contribution < 1.29 is 24.2 Å². The molecule has 0 unspecified atom stereocenters. The predicted octanol–water partition coefficient (Wildman–Crippen LogP) is 3.84. The van der Waals surface area contributed by atoms with Gasteiger partial charge in [0.25, 0.3) is 0 Å². The zero-order valence-electron chi connectivity index (χ0n) is 21.1. The van der Waals surface area contributed by atoms with Crippen LogP contribution in [0.1, 0.15) is 54.6 Å². The summed E-state index contributed by atoms with van der Waals surface area (Å²) in [5, 5.41) is 17.0. The number of nitrogens with two attached hydrogens (primary N) is 1. The lowest BCUT2D eigenvalue weighted by Gasteiger charge is -2.37. The molecule has 198 valence electrons. The molecule has 0 aromatic carbocycles. The lowest BCUT2D eigenvalue weighted by molar-refractivity contribution is -0.173. The Morgan fingerprint density at radius 3 is 2.61 bits per heavy atom. The number of pyridine rings is 1. The molecule has 1 fully saturated rings. The number of nitrogens with zero attached hydrogens (tertiary/aromatic N) is 5. The Labute approximate surface area is 222 Å². The third-order valence-corrected chi connectivity index (χ3v) is 7.82. The predicted molar refractivity (Wildman–Crippen MR) is 141 cm³/mol. The quantitative estimate of drug-likeness (QED) is 0.238. The highest BCUT2D eigenvalue weighted by Gasteiger charge is 2.44. The molecule has 0 saturated heterocycles. The first-order chi connectivity index (χ1) is 18.3. The maximum absolute atomic E-state index is 12.7. The summed E-state index contributed by atoms with van der Waals surface area (Å²) >= 11 is 1.51. The van der Waals surface area contributed by atoms with Gasteiger partial charge in [-0.05, 0) is 38.7 Å². The lowest BCUT2D eigenvalue weighted by atomic mass is 9.76. The van der Waals surface area contributed by atoms with Crippen LogP contribution in [0.25, 0.3) is 27.5 Å². The molecule has 0 bridgehead atoms. The van der Waals surface area contributed by atoms with Gasteiger partial charge in [-0.25, -0.2) is 14.8 Å². The fraction of sp³-hybridized carbons (Fsp3) is 0.385. The van der Waals surface area contributed by atoms with E-state index >= 15 is 0 Å². The van der Waals surface area contributed by atoms with Crippen molar-refractivity contribution in [2.45, 2.75) is 44.1 Å². The summed E-state index contributed by atoms with van der Waals surface area (Å²) < 4.78 is 12.3. The van der Waals surface area contributed by atoms with Crippen LogP contribution >= 0.6 is 11.3 Å². The van der Waals surface area contributed by atoms with Gasteiger partial charge >= 0.3 is 5.97 Å². The van der Waals surface area contributed by atoms with Crippen molar-refractivity contribution in [1.82, 2.24) is 24.6 Å². The molecule has 4 aromatic rings. The minimum Gasteiger partial charge on any atom is -0.479 e. The van der Waals surface area contributed by atoms with E-state index in [4.69, 9.17) is 20.2 Å². The first kappa shape index (κ1) is 25.9. The van der Waals surface area contributed by atoms with E-state index < -0.39 is 11.6 Å². The van der Waals surface area contributed by atoms with Gasteiger partial charge in [0.05, 0.1) is 36.4 Å². The van der Waals surface area contributed by atoms with E-state index in [0.29, 0.717) is 36.4 Å². The van der Waals surface area contributed by atoms with Gasteiger partial charge in [0.1, 0.15) is 10.8 Å². The molecule has 4 heterocycles. The minimum atomic E-state index is -1.28. The van der Waals surface area contributed by atoms with Gasteiger partial charge in [-0.1, -0.05) is 6.07 Å². The Morgan fingerprint density at radius 2 is 2.00 bits per heavy atom. The number of carbonyl (C=O) groups is 2. The van der Waals surface area contributed by atoms with Crippen LogP contribution in [-0.4, -0.2) is 67.3 Å². The molecule has 11 nitrogen and oxygen atoms in total. The smallest absolute Gasteiger partial charge is 0.335 e. The van der Waals surface area contributed by atoms with E-state index in [1.54, 1.807) is 25.7 Å². The van der Waals surface area contributed by atoms with Crippen LogP contribution in [0.2, 0.25) is 0 Å². The van der Waals surface area contributed by atoms with Crippen LogP contribution in [0.4, 0.5) is 5.82 Å². The molecule has 38 heavy (non-hydrogen) atoms. The second kappa shape index (κ2) is 10.6. The van der Waals surface area contributed by atoms with Gasteiger partial charge in [-0.2, -0.15) is 9.61 Å². The highest BCUT2D eigenvalue weighted by Crippen LogP contribution is 2.42. The summed E-state index contributed by atoms with van der Waals surface area (Å²) in [6, 6.07) is 3.82. The number of ketones is 1. The zero-order valence-corrected chi connectivity index (χ0v) is 21.9. The SMILES string of the molecule is COCCO[C@]1(C(=O)O)CC[C@@H](c2nc3c(-c4ccc(-c5nccs5)nc4)cnn3c(N)c2C(C)=O)CC1. The summed E-state index contributed by atoms with van der Waals surface area (Å²) in [5.41, 5.74) is 8.88. The molecule has 1 aliphatic rings. The molecule has 5 rings (SSSR count). The maximum atomic E-state index is 12.7. The van der Waals surface area contributed by atoms with Crippen LogP contribution in [0.15, 0.2) is 36.1 Å². The fourth-order valence-corrected chi connectivity index (χ4v) is 5.63. The Hall–Kier alpha value is -3.74. The van der Waals surface area contributed by atoms with Crippen LogP contribution < -0.4 is 5.73 Å². The van der Waals surface area contributed by atoms with Gasteiger partial charge in [0.15, 0.2) is 17.0 Å². The number of nitrogen functional groups attached to an aromatic ring is 1. The van der Waals surface area contributed by atoms with E-state index in [1.807, 2.05) is 17.5 Å². The van der Waals surface area contributed by atoms with Crippen molar-refractivity contribution in [1.29, 1.82) is 0 Å². The van der Waals surface area contributed by atoms with Crippen molar-refractivity contribution in [3.05, 3.63) is 47.4 Å². The van der Waals surface area contributed by atoms with Gasteiger partial charge in [0, 0.05) is 41.9 Å². The first-order valence-electron chi connectivity index (χ1n) is 12.2. The second-order valence-electron chi connectivity index (χ2n) is 9.29. The molecular weight excluding hydrogens is 508 g/mol. The number of hydrogen-bond acceptors (Lipinski definition) is 10. The number of fused-ring (bicyclic) bond motifs is 1. The number of carboxylic acids is 1. The lowest BCUT2D eigenvalue weighted by Crippen LogP contribution is -2.45. The molecule has 1 saturated carbocycles. The number of carboxylic acid groups (broad SMARTS) is 1. The number of ether oxygens (including phenoxy) is 2. The number of carbonyl (C=O) groups excluding carboxylic acids is 1. The molecule has 0 spiro atoms. The third-order valence-electron chi connectivity index (χ3n) is 7.02. The molecular formula is C26H28N6O5S. The second-order valence-corrected chi connectivity index (χ2v) is 10.2. The van der Waals surface area contributed by atoms with Gasteiger partial charge in [-0.3, -0.25) is 9.78 Å². The van der Waals surface area contributed by atoms with Crippen molar-refractivity contribution in [3.63, 3.8) is 0 Å². The first-order valence-corrected chi connectivity index (χ1v) is 13.1. The largest absolute Gasteiger partial charge is 0.479 e. The van der Waals surface area contributed by atoms with Crippen LogP contribution in [0, 0.1) is 0 Å². The standard InChI is InChI=1S/C26H28N6O5S/c1-15(33)20-21(16-5-7-26(8-6-16,25(34)35)37-11-10-36-2)31-23-18(14-30-32(23)22(20)27)17-3-4-19(29-13-17)24-28-9-12-38-24/h3-4,9,12-14,16H,5-8,10-11,27H2,1-2H3,(H,34,35)/t16-,26-. The van der Waals surface area contributed by atoms with Crippen LogP contribution in [0.5, 0.6) is 0 Å². The number of aromatic nitrogens is 5. The minimum absolute atomic E-state index is 0.159. The molecule has 0 atom stereocenters. The molecule has 3 N–H and O–H groups in total. The van der Waals surface area contributed by atoms with E-state index in [-0.39, 0.29) is 37.0 Å². The van der Waals surface area contributed by atoms with Crippen molar-refractivity contribution in [2.24, 2.45) is 0 Å². The molecule has 1 aliphatic carbocycles. The Kier molecular flexibility index (Phi) is 7.19. The summed E-state index contributed by atoms with van der Waals surface area (Å²) in [4.78, 5) is 38.6. The monoisotopic (exact) mass is 536 g/mol. The Bertz CT molecular complexity index is 1460. The highest BCUT2D eigenvalue weighted by molar-refractivity contribution is 7.13. The summed E-state index contributed by atoms with van der Waals surface area (Å²) in [5.74, 6) is -1.16. The van der Waals surface area contributed by atoms with Crippen LogP contribution in [-0.2, 0) is 14.3 Å². The number of thiazole rings is 1. The highest BCUT2D eigenvalue weighted by atomic mass is 32.1. The fourth-order valence-electron chi connectivity index (χ4n) is 5.02. The topological polar surface area (TPSA) is 155 Å². The zero-order chi connectivity index (χ0) is 26.9. The maximum Gasteiger partial charge on any atom is 0.335 e. The van der Waals surface area contributed by atoms with Crippen molar-refractivity contribution >= 4 is 34.6 Å². The Morgan fingerprint density at radius 1 is 1.21 bits per heavy atom. The van der Waals surface area contributed by atoms with Gasteiger partial charge in [-0.15, -0.1) is 11.3 Å². The molecule has 12 heteroatoms. The molecule has 0 amide bonds. The molecule has 0 aliphatic heterocycles. The number of aliphatic carboxylic acids is 1. The summed E-state index contributed by atoms with van der Waals surface area (Å²) in [6.07, 6.45) is 6.67. The average molecular weight is 537 g/mol. The number of Topliss-reactive ketones (excluding diaryl/α,β-unsaturated/α-hetero) is 1. The summed E-state index contributed by atoms with van der Waals surface area (Å²) in [7, 11) is 1.54. The van der Waals surface area contributed by atoms with E-state index in [2.05, 4.69) is 15.1 Å². The number of methoxy groups -OCH3 is 1. The number of rotatable bonds is 9. The normalized spacial score (nSPS) is 19.6. The Balaban J connectivity index is 1.50. The summed E-state index contributed by atoms with van der Waals surface area (Å²) in [6.45, 7) is 1.95. The number of anilines is 1. The van der Waals surface area contributed by atoms with Crippen molar-refractivity contribution in [3.8, 4) is 21.8 Å². The van der Waals surface area contributed by atoms with E-state index in [1.165, 1.54) is 22.8 Å². The van der Waals surface area contributed by atoms with Crippen molar-refractivity contribution in [2.75, 3.05) is 26.1 Å². The van der Waals surface area contributed by atoms with E-state index in [9.17, 15) is 14.7 Å². The van der Waals surface area contributed by atoms with Crippen LogP contribution in [0.3, 0.4) is 0 Å². The molecule has 0 radical (unpaired) electrons. The average Bonchev–Trinajstić information content (AvgIpc) is 3.60. The van der Waals surface area contributed by atoms with Gasteiger partial charge < -0.3 is 20.3 Å². The van der Waals surface area contributed by atoms with Gasteiger partial charge in [0.2, 0.25) is 0 Å².